The van der Waals surface area contributed by atoms with Crippen LogP contribution in [-0.2, 0) is 4.74 Å². The molecule has 82 valence electrons. The van der Waals surface area contributed by atoms with E-state index in [1.165, 1.54) is 4.68 Å². The van der Waals surface area contributed by atoms with Crippen molar-refractivity contribution in [3.05, 3.63) is 22.9 Å². The Hall–Kier alpha value is -1.36. The van der Waals surface area contributed by atoms with E-state index >= 15 is 0 Å². The molecule has 1 saturated heterocycles. The first-order chi connectivity index (χ1) is 7.33. The average molecular weight is 209 g/mol. The molecule has 0 atom stereocenters. The molecule has 0 bridgehead atoms. The maximum atomic E-state index is 11.8. The molecule has 1 aliphatic rings. The molecule has 5 nitrogen and oxygen atoms in total. The summed E-state index contributed by atoms with van der Waals surface area (Å²) in [4.78, 5) is 11.8. The van der Waals surface area contributed by atoms with Gasteiger partial charge in [-0.25, -0.2) is 4.79 Å². The largest absolute Gasteiger partial charge is 0.381 e. The molecule has 0 N–H and O–H groups in total. The minimum atomic E-state index is -0.0694. The van der Waals surface area contributed by atoms with E-state index < -0.39 is 0 Å². The lowest BCUT2D eigenvalue weighted by atomic mass is 10.1. The Morgan fingerprint density at radius 2 is 2.27 bits per heavy atom. The van der Waals surface area contributed by atoms with Gasteiger partial charge in [0.05, 0.1) is 0 Å². The normalized spacial score (nSPS) is 18.7. The second-order valence-corrected chi connectivity index (χ2v) is 3.59. The smallest absolute Gasteiger partial charge is 0.350 e. The molecule has 0 spiro atoms. The van der Waals surface area contributed by atoms with Gasteiger partial charge in [0.15, 0.2) is 0 Å². The van der Waals surface area contributed by atoms with Crippen LogP contribution in [0.15, 0.2) is 17.2 Å². The molecular weight excluding hydrogens is 194 g/mol. The van der Waals surface area contributed by atoms with Crippen LogP contribution < -0.4 is 5.69 Å². The summed E-state index contributed by atoms with van der Waals surface area (Å²) in [5, 5.41) is 4.02. The van der Waals surface area contributed by atoms with Gasteiger partial charge in [-0.3, -0.25) is 4.57 Å². The molecular formula is C10H15N3O2. The lowest BCUT2D eigenvalue weighted by Crippen LogP contribution is -2.29. The predicted molar refractivity (Wildman–Crippen MR) is 56.6 cm³/mol. The van der Waals surface area contributed by atoms with Crippen molar-refractivity contribution in [3.63, 3.8) is 0 Å². The lowest BCUT2D eigenvalue weighted by Gasteiger charge is -2.21. The second-order valence-electron chi connectivity index (χ2n) is 3.59. The van der Waals surface area contributed by atoms with Crippen LogP contribution in [0.1, 0.15) is 25.8 Å². The highest BCUT2D eigenvalue weighted by atomic mass is 16.5. The highest BCUT2D eigenvalue weighted by molar-refractivity contribution is 5.16. The topological polar surface area (TPSA) is 49.0 Å². The summed E-state index contributed by atoms with van der Waals surface area (Å²) in [6.07, 6.45) is 6.85. The maximum Gasteiger partial charge on any atom is 0.350 e. The zero-order valence-electron chi connectivity index (χ0n) is 8.80. The van der Waals surface area contributed by atoms with Crippen molar-refractivity contribution in [2.45, 2.75) is 25.8 Å². The van der Waals surface area contributed by atoms with Crippen molar-refractivity contribution in [3.8, 4) is 0 Å². The van der Waals surface area contributed by atoms with Gasteiger partial charge in [-0.2, -0.15) is 9.78 Å². The minimum absolute atomic E-state index is 0.0694. The second kappa shape index (κ2) is 4.44. The summed E-state index contributed by atoms with van der Waals surface area (Å²) in [5.74, 6) is 0. The van der Waals surface area contributed by atoms with E-state index in [-0.39, 0.29) is 11.7 Å². The third-order valence-corrected chi connectivity index (χ3v) is 2.59. The summed E-state index contributed by atoms with van der Waals surface area (Å²) in [6.45, 7) is 3.32. The van der Waals surface area contributed by atoms with E-state index in [2.05, 4.69) is 5.10 Å². The highest BCUT2D eigenvalue weighted by Gasteiger charge is 2.18. The van der Waals surface area contributed by atoms with E-state index in [0.717, 1.165) is 26.1 Å². The third-order valence-electron chi connectivity index (χ3n) is 2.59. The Kier molecular flexibility index (Phi) is 3.01. The fourth-order valence-electron chi connectivity index (χ4n) is 1.79. The van der Waals surface area contributed by atoms with Crippen molar-refractivity contribution in [1.82, 2.24) is 14.3 Å². The van der Waals surface area contributed by atoms with Crippen LogP contribution in [0.2, 0.25) is 0 Å². The maximum absolute atomic E-state index is 11.8. The number of rotatable bonds is 2. The Labute approximate surface area is 88.0 Å². The van der Waals surface area contributed by atoms with Gasteiger partial charge in [-0.15, -0.1) is 0 Å². The van der Waals surface area contributed by atoms with E-state index in [0.29, 0.717) is 0 Å². The molecule has 1 aliphatic heterocycles. The van der Waals surface area contributed by atoms with Gasteiger partial charge in [-0.05, 0) is 19.8 Å². The molecule has 15 heavy (non-hydrogen) atoms. The van der Waals surface area contributed by atoms with Crippen molar-refractivity contribution in [2.24, 2.45) is 0 Å². The Morgan fingerprint density at radius 3 is 2.93 bits per heavy atom. The van der Waals surface area contributed by atoms with Crippen LogP contribution in [0.25, 0.3) is 6.20 Å². The minimum Gasteiger partial charge on any atom is -0.381 e. The molecule has 0 aliphatic carbocycles. The molecule has 1 aromatic rings. The van der Waals surface area contributed by atoms with Crippen molar-refractivity contribution in [2.75, 3.05) is 13.2 Å². The van der Waals surface area contributed by atoms with Crippen LogP contribution >= 0.6 is 0 Å². The first-order valence-electron chi connectivity index (χ1n) is 5.19. The van der Waals surface area contributed by atoms with Gasteiger partial charge in [-0.1, -0.05) is 6.08 Å². The summed E-state index contributed by atoms with van der Waals surface area (Å²) in [5.41, 5.74) is -0.0694. The summed E-state index contributed by atoms with van der Waals surface area (Å²) in [6, 6.07) is 0.241. The lowest BCUT2D eigenvalue weighted by molar-refractivity contribution is 0.0686. The van der Waals surface area contributed by atoms with Crippen LogP contribution in [0.3, 0.4) is 0 Å². The van der Waals surface area contributed by atoms with Gasteiger partial charge in [0, 0.05) is 25.5 Å². The quantitative estimate of drug-likeness (QED) is 0.726. The summed E-state index contributed by atoms with van der Waals surface area (Å²) >= 11 is 0. The summed E-state index contributed by atoms with van der Waals surface area (Å²) < 4.78 is 8.31. The number of allylic oxidation sites excluding steroid dienone is 1. The molecule has 0 saturated carbocycles. The number of hydrogen-bond acceptors (Lipinski definition) is 3. The number of ether oxygens (including phenoxy) is 1. The number of nitrogens with zero attached hydrogens (tertiary/aromatic N) is 3. The third kappa shape index (κ3) is 2.02. The molecule has 1 aromatic heterocycles. The van der Waals surface area contributed by atoms with E-state index in [1.54, 1.807) is 23.2 Å². The molecule has 0 radical (unpaired) electrons. The number of hydrogen-bond donors (Lipinski definition) is 0. The molecule has 0 unspecified atom stereocenters. The molecule has 5 heteroatoms. The van der Waals surface area contributed by atoms with Gasteiger partial charge in [0.25, 0.3) is 0 Å². The Morgan fingerprint density at radius 1 is 1.53 bits per heavy atom. The molecule has 1 fully saturated rings. The fourth-order valence-corrected chi connectivity index (χ4v) is 1.79. The van der Waals surface area contributed by atoms with Crippen LogP contribution in [-0.4, -0.2) is 27.6 Å². The van der Waals surface area contributed by atoms with Crippen molar-refractivity contribution >= 4 is 6.20 Å². The molecule has 0 amide bonds. The monoisotopic (exact) mass is 209 g/mol. The van der Waals surface area contributed by atoms with Crippen LogP contribution in [0, 0.1) is 0 Å². The summed E-state index contributed by atoms with van der Waals surface area (Å²) in [7, 11) is 0. The molecule has 0 aromatic carbocycles. The standard InChI is InChI=1S/C10H15N3O2/c1-2-5-13-10(14)12(8-11-13)9-3-6-15-7-4-9/h2,5,8-9H,3-4,6-7H2,1H3/b5-2+. The first-order valence-corrected chi connectivity index (χ1v) is 5.19. The predicted octanol–water partition coefficient (Wildman–Crippen LogP) is 0.887. The van der Waals surface area contributed by atoms with Crippen LogP contribution in [0.4, 0.5) is 0 Å². The van der Waals surface area contributed by atoms with E-state index in [1.807, 2.05) is 6.92 Å². The van der Waals surface area contributed by atoms with Gasteiger partial charge >= 0.3 is 5.69 Å². The average Bonchev–Trinajstić information content (AvgIpc) is 2.63. The van der Waals surface area contributed by atoms with Crippen molar-refractivity contribution < 1.29 is 4.74 Å². The Bertz CT molecular complexity index is 399. The molecule has 2 rings (SSSR count). The van der Waals surface area contributed by atoms with E-state index in [4.69, 9.17) is 4.74 Å². The van der Waals surface area contributed by atoms with Crippen molar-refractivity contribution in [1.29, 1.82) is 0 Å². The molecule has 2 heterocycles. The van der Waals surface area contributed by atoms with Crippen LogP contribution in [0.5, 0.6) is 0 Å². The number of aromatic nitrogens is 3. The van der Waals surface area contributed by atoms with Gasteiger partial charge in [0.1, 0.15) is 6.33 Å². The SMILES string of the molecule is C/C=C/n1ncn(C2CCOCC2)c1=O. The zero-order chi connectivity index (χ0) is 10.7. The fraction of sp³-hybridized carbons (Fsp3) is 0.600. The highest BCUT2D eigenvalue weighted by Crippen LogP contribution is 2.18. The zero-order valence-corrected chi connectivity index (χ0v) is 8.80. The van der Waals surface area contributed by atoms with Gasteiger partial charge < -0.3 is 4.74 Å². The van der Waals surface area contributed by atoms with Gasteiger partial charge in [0.2, 0.25) is 0 Å². The Balaban J connectivity index is 2.24. The van der Waals surface area contributed by atoms with E-state index in [9.17, 15) is 4.79 Å². The first kappa shape index (κ1) is 10.2.